The molecule has 0 fully saturated rings. The van der Waals surface area contributed by atoms with E-state index >= 15 is 0 Å². The Morgan fingerprint density at radius 1 is 1.35 bits per heavy atom. The molecule has 0 aliphatic carbocycles. The van der Waals surface area contributed by atoms with E-state index in [9.17, 15) is 5.11 Å². The molecule has 3 nitrogen and oxygen atoms in total. The average molecular weight is 278 g/mol. The third-order valence-corrected chi connectivity index (χ3v) is 3.07. The van der Waals surface area contributed by atoms with Crippen LogP contribution in [0.5, 0.6) is 0 Å². The SMILES string of the molecule is COCC(O)CCNCc1ccc(Cl)c(Cl)c1. The molecule has 96 valence electrons. The van der Waals surface area contributed by atoms with Crippen LogP contribution in [0.15, 0.2) is 18.2 Å². The van der Waals surface area contributed by atoms with Gasteiger partial charge in [-0.3, -0.25) is 0 Å². The molecule has 0 amide bonds. The van der Waals surface area contributed by atoms with Gasteiger partial charge in [-0.2, -0.15) is 0 Å². The third kappa shape index (κ3) is 5.70. The second kappa shape index (κ2) is 7.90. The Hall–Kier alpha value is -0.320. The van der Waals surface area contributed by atoms with Crippen molar-refractivity contribution in [2.75, 3.05) is 20.3 Å². The van der Waals surface area contributed by atoms with Gasteiger partial charge in [0, 0.05) is 13.7 Å². The van der Waals surface area contributed by atoms with Crippen LogP contribution >= 0.6 is 23.2 Å². The van der Waals surface area contributed by atoms with E-state index in [1.54, 1.807) is 13.2 Å². The molecule has 5 heteroatoms. The molecular formula is C12H17Cl2NO2. The van der Waals surface area contributed by atoms with Crippen molar-refractivity contribution < 1.29 is 9.84 Å². The molecule has 0 radical (unpaired) electrons. The molecule has 1 unspecified atom stereocenters. The summed E-state index contributed by atoms with van der Waals surface area (Å²) in [5, 5.41) is 13.8. The van der Waals surface area contributed by atoms with Crippen LogP contribution in [0.2, 0.25) is 10.0 Å². The van der Waals surface area contributed by atoms with Crippen LogP contribution in [-0.4, -0.2) is 31.5 Å². The average Bonchev–Trinajstić information content (AvgIpc) is 2.29. The van der Waals surface area contributed by atoms with E-state index in [0.717, 1.165) is 12.1 Å². The molecule has 0 spiro atoms. The van der Waals surface area contributed by atoms with Gasteiger partial charge in [0.15, 0.2) is 0 Å². The smallest absolute Gasteiger partial charge is 0.0785 e. The number of aliphatic hydroxyl groups is 1. The predicted octanol–water partition coefficient (Wildman–Crippen LogP) is 2.48. The largest absolute Gasteiger partial charge is 0.391 e. The van der Waals surface area contributed by atoms with Gasteiger partial charge >= 0.3 is 0 Å². The fourth-order valence-electron chi connectivity index (χ4n) is 1.43. The molecule has 1 rings (SSSR count). The number of hydrogen-bond acceptors (Lipinski definition) is 3. The van der Waals surface area contributed by atoms with Crippen LogP contribution in [0.25, 0.3) is 0 Å². The predicted molar refractivity (Wildman–Crippen MR) is 70.7 cm³/mol. The summed E-state index contributed by atoms with van der Waals surface area (Å²) < 4.78 is 4.84. The number of aliphatic hydroxyl groups excluding tert-OH is 1. The molecule has 0 heterocycles. The fraction of sp³-hybridized carbons (Fsp3) is 0.500. The van der Waals surface area contributed by atoms with E-state index in [1.807, 2.05) is 12.1 Å². The highest BCUT2D eigenvalue weighted by molar-refractivity contribution is 6.42. The van der Waals surface area contributed by atoms with Crippen molar-refractivity contribution in [2.45, 2.75) is 19.1 Å². The summed E-state index contributed by atoms with van der Waals surface area (Å²) in [5.74, 6) is 0. The van der Waals surface area contributed by atoms with Crippen LogP contribution in [0.1, 0.15) is 12.0 Å². The number of rotatable bonds is 7. The first kappa shape index (κ1) is 14.7. The Kier molecular flexibility index (Phi) is 6.85. The monoisotopic (exact) mass is 277 g/mol. The maximum absolute atomic E-state index is 9.42. The summed E-state index contributed by atoms with van der Waals surface area (Å²) in [5.41, 5.74) is 1.07. The van der Waals surface area contributed by atoms with Gasteiger partial charge in [-0.05, 0) is 30.7 Å². The van der Waals surface area contributed by atoms with Crippen LogP contribution < -0.4 is 5.32 Å². The molecule has 1 aromatic rings. The summed E-state index contributed by atoms with van der Waals surface area (Å²) >= 11 is 11.7. The summed E-state index contributed by atoms with van der Waals surface area (Å²) in [6.45, 7) is 1.80. The molecular weight excluding hydrogens is 261 g/mol. The fourth-order valence-corrected chi connectivity index (χ4v) is 1.75. The molecule has 2 N–H and O–H groups in total. The van der Waals surface area contributed by atoms with Gasteiger partial charge in [-0.15, -0.1) is 0 Å². The van der Waals surface area contributed by atoms with Crippen LogP contribution in [-0.2, 0) is 11.3 Å². The van der Waals surface area contributed by atoms with Crippen molar-refractivity contribution >= 4 is 23.2 Å². The van der Waals surface area contributed by atoms with Gasteiger partial charge in [0.2, 0.25) is 0 Å². The van der Waals surface area contributed by atoms with Crippen LogP contribution in [0.4, 0.5) is 0 Å². The zero-order valence-electron chi connectivity index (χ0n) is 9.75. The number of methoxy groups -OCH3 is 1. The normalized spacial score (nSPS) is 12.7. The van der Waals surface area contributed by atoms with Crippen LogP contribution in [0, 0.1) is 0 Å². The van der Waals surface area contributed by atoms with Gasteiger partial charge in [-0.1, -0.05) is 29.3 Å². The van der Waals surface area contributed by atoms with Crippen molar-refractivity contribution in [3.8, 4) is 0 Å². The molecule has 17 heavy (non-hydrogen) atoms. The molecule has 0 saturated carbocycles. The topological polar surface area (TPSA) is 41.5 Å². The standard InChI is InChI=1S/C12H17Cl2NO2/c1-17-8-10(16)4-5-15-7-9-2-3-11(13)12(14)6-9/h2-3,6,10,15-16H,4-5,7-8H2,1H3. The third-order valence-electron chi connectivity index (χ3n) is 2.33. The summed E-state index contributed by atoms with van der Waals surface area (Å²) in [6.07, 6.45) is 0.246. The number of hydrogen-bond donors (Lipinski definition) is 2. The Balaban J connectivity index is 2.24. The first-order valence-corrected chi connectivity index (χ1v) is 6.20. The molecule has 1 aromatic carbocycles. The quantitative estimate of drug-likeness (QED) is 0.753. The molecule has 0 aliphatic heterocycles. The Bertz CT molecular complexity index is 347. The van der Waals surface area contributed by atoms with E-state index in [-0.39, 0.29) is 0 Å². The lowest BCUT2D eigenvalue weighted by molar-refractivity contribution is 0.0594. The van der Waals surface area contributed by atoms with Gasteiger partial charge in [0.1, 0.15) is 0 Å². The van der Waals surface area contributed by atoms with Crippen molar-refractivity contribution in [3.05, 3.63) is 33.8 Å². The Labute approximate surface area is 112 Å². The highest BCUT2D eigenvalue weighted by Crippen LogP contribution is 2.22. The maximum atomic E-state index is 9.42. The zero-order chi connectivity index (χ0) is 12.7. The lowest BCUT2D eigenvalue weighted by Gasteiger charge is -2.10. The minimum absolute atomic E-state index is 0.369. The molecule has 0 saturated heterocycles. The molecule has 1 atom stereocenters. The summed E-state index contributed by atoms with van der Waals surface area (Å²) in [6, 6.07) is 5.54. The maximum Gasteiger partial charge on any atom is 0.0785 e. The molecule has 0 aliphatic rings. The van der Waals surface area contributed by atoms with Crippen molar-refractivity contribution in [1.82, 2.24) is 5.32 Å². The van der Waals surface area contributed by atoms with Gasteiger partial charge in [-0.25, -0.2) is 0 Å². The summed E-state index contributed by atoms with van der Waals surface area (Å²) in [7, 11) is 1.58. The van der Waals surface area contributed by atoms with E-state index < -0.39 is 6.10 Å². The van der Waals surface area contributed by atoms with E-state index in [1.165, 1.54) is 0 Å². The molecule has 0 bridgehead atoms. The number of ether oxygens (including phenoxy) is 1. The van der Waals surface area contributed by atoms with Crippen molar-refractivity contribution in [3.63, 3.8) is 0 Å². The first-order chi connectivity index (χ1) is 8.13. The van der Waals surface area contributed by atoms with Crippen molar-refractivity contribution in [1.29, 1.82) is 0 Å². The van der Waals surface area contributed by atoms with E-state index in [2.05, 4.69) is 5.32 Å². The number of benzene rings is 1. The minimum Gasteiger partial charge on any atom is -0.391 e. The summed E-state index contributed by atoms with van der Waals surface area (Å²) in [4.78, 5) is 0. The van der Waals surface area contributed by atoms with Crippen molar-refractivity contribution in [2.24, 2.45) is 0 Å². The van der Waals surface area contributed by atoms with Gasteiger partial charge in [0.05, 0.1) is 22.8 Å². The second-order valence-corrected chi connectivity index (χ2v) is 4.64. The van der Waals surface area contributed by atoms with E-state index in [0.29, 0.717) is 29.6 Å². The number of nitrogens with one attached hydrogen (secondary N) is 1. The van der Waals surface area contributed by atoms with Crippen LogP contribution in [0.3, 0.4) is 0 Å². The lowest BCUT2D eigenvalue weighted by Crippen LogP contribution is -2.23. The van der Waals surface area contributed by atoms with Gasteiger partial charge < -0.3 is 15.2 Å². The zero-order valence-corrected chi connectivity index (χ0v) is 11.3. The number of halogens is 2. The lowest BCUT2D eigenvalue weighted by atomic mass is 10.2. The highest BCUT2D eigenvalue weighted by atomic mass is 35.5. The second-order valence-electron chi connectivity index (χ2n) is 3.82. The van der Waals surface area contributed by atoms with Gasteiger partial charge in [0.25, 0.3) is 0 Å². The minimum atomic E-state index is -0.415. The highest BCUT2D eigenvalue weighted by Gasteiger charge is 2.03. The molecule has 0 aromatic heterocycles. The Morgan fingerprint density at radius 3 is 2.76 bits per heavy atom. The Morgan fingerprint density at radius 2 is 2.12 bits per heavy atom. The van der Waals surface area contributed by atoms with E-state index in [4.69, 9.17) is 27.9 Å². The first-order valence-electron chi connectivity index (χ1n) is 5.45.